The molecule has 102 valence electrons. The number of halogens is 2. The third-order valence-electron chi connectivity index (χ3n) is 2.42. The molecule has 0 aliphatic carbocycles. The standard InChI is InChI=1S/C13H8Cl2N2O3/c14-9-4-10(15)6-11(5-9)16-7-8-3-12(17(19)20)1-2-13(8)18/h1-7,18H. The van der Waals surface area contributed by atoms with Crippen LogP contribution in [0, 0.1) is 10.1 Å². The van der Waals surface area contributed by atoms with Gasteiger partial charge in [-0.3, -0.25) is 15.1 Å². The molecule has 0 bridgehead atoms. The molecule has 2 rings (SSSR count). The first-order valence-corrected chi connectivity index (χ1v) is 6.19. The molecule has 2 aromatic carbocycles. The van der Waals surface area contributed by atoms with Gasteiger partial charge in [0.15, 0.2) is 0 Å². The molecular formula is C13H8Cl2N2O3. The summed E-state index contributed by atoms with van der Waals surface area (Å²) in [5.41, 5.74) is 0.581. The average Bonchev–Trinajstić information content (AvgIpc) is 2.36. The van der Waals surface area contributed by atoms with Crippen molar-refractivity contribution in [2.45, 2.75) is 0 Å². The summed E-state index contributed by atoms with van der Waals surface area (Å²) in [5, 5.41) is 21.2. The molecule has 0 amide bonds. The number of hydrogen-bond acceptors (Lipinski definition) is 4. The quantitative estimate of drug-likeness (QED) is 0.520. The zero-order valence-electron chi connectivity index (χ0n) is 9.96. The van der Waals surface area contributed by atoms with Crippen LogP contribution in [0.4, 0.5) is 11.4 Å². The van der Waals surface area contributed by atoms with E-state index < -0.39 is 4.92 Å². The molecule has 0 radical (unpaired) electrons. The Balaban J connectivity index is 2.35. The lowest BCUT2D eigenvalue weighted by molar-refractivity contribution is -0.384. The first-order valence-electron chi connectivity index (χ1n) is 5.43. The van der Waals surface area contributed by atoms with E-state index in [9.17, 15) is 15.2 Å². The number of nitro groups is 1. The molecular weight excluding hydrogens is 303 g/mol. The largest absolute Gasteiger partial charge is 0.507 e. The number of nitro benzene ring substituents is 1. The summed E-state index contributed by atoms with van der Waals surface area (Å²) in [6.45, 7) is 0. The lowest BCUT2D eigenvalue weighted by Gasteiger charge is -2.00. The smallest absolute Gasteiger partial charge is 0.270 e. The Bertz CT molecular complexity index is 682. The number of hydrogen-bond donors (Lipinski definition) is 1. The van der Waals surface area contributed by atoms with Crippen molar-refractivity contribution in [3.8, 4) is 5.75 Å². The third kappa shape index (κ3) is 3.46. The van der Waals surface area contributed by atoms with Crippen LogP contribution < -0.4 is 0 Å². The van der Waals surface area contributed by atoms with Crippen molar-refractivity contribution >= 4 is 40.8 Å². The molecule has 0 heterocycles. The van der Waals surface area contributed by atoms with Crippen molar-refractivity contribution < 1.29 is 10.0 Å². The molecule has 20 heavy (non-hydrogen) atoms. The molecule has 0 saturated carbocycles. The summed E-state index contributed by atoms with van der Waals surface area (Å²) in [6, 6.07) is 8.40. The highest BCUT2D eigenvalue weighted by Gasteiger charge is 2.08. The Morgan fingerprint density at radius 1 is 1.15 bits per heavy atom. The summed E-state index contributed by atoms with van der Waals surface area (Å²) in [4.78, 5) is 14.2. The van der Waals surface area contributed by atoms with E-state index >= 15 is 0 Å². The number of nitrogens with zero attached hydrogens (tertiary/aromatic N) is 2. The van der Waals surface area contributed by atoms with Gasteiger partial charge in [-0.1, -0.05) is 23.2 Å². The summed E-state index contributed by atoms with van der Waals surface area (Å²) in [6.07, 6.45) is 1.31. The molecule has 2 aromatic rings. The first-order chi connectivity index (χ1) is 9.45. The lowest BCUT2D eigenvalue weighted by atomic mass is 10.2. The van der Waals surface area contributed by atoms with Crippen LogP contribution in [-0.2, 0) is 0 Å². The Kier molecular flexibility index (Phi) is 4.22. The predicted octanol–water partition coefficient (Wildman–Crippen LogP) is 4.36. The van der Waals surface area contributed by atoms with E-state index in [4.69, 9.17) is 23.2 Å². The van der Waals surface area contributed by atoms with Gasteiger partial charge in [-0.25, -0.2) is 0 Å². The molecule has 0 aromatic heterocycles. The SMILES string of the molecule is O=[N+]([O-])c1ccc(O)c(C=Nc2cc(Cl)cc(Cl)c2)c1. The monoisotopic (exact) mass is 310 g/mol. The van der Waals surface area contributed by atoms with Crippen molar-refractivity contribution in [1.82, 2.24) is 0 Å². The molecule has 1 N–H and O–H groups in total. The number of aromatic hydroxyl groups is 1. The van der Waals surface area contributed by atoms with Gasteiger partial charge in [-0.05, 0) is 24.3 Å². The van der Waals surface area contributed by atoms with Crippen LogP contribution in [0.3, 0.4) is 0 Å². The Morgan fingerprint density at radius 2 is 1.80 bits per heavy atom. The van der Waals surface area contributed by atoms with Crippen LogP contribution in [0.5, 0.6) is 5.75 Å². The summed E-state index contributed by atoms with van der Waals surface area (Å²) < 4.78 is 0. The zero-order chi connectivity index (χ0) is 14.7. The number of benzene rings is 2. The highest BCUT2D eigenvalue weighted by atomic mass is 35.5. The van der Waals surface area contributed by atoms with Gasteiger partial charge in [-0.2, -0.15) is 0 Å². The van der Waals surface area contributed by atoms with Gasteiger partial charge in [-0.15, -0.1) is 0 Å². The van der Waals surface area contributed by atoms with Crippen LogP contribution in [0.2, 0.25) is 10.0 Å². The fourth-order valence-electron chi connectivity index (χ4n) is 1.52. The maximum Gasteiger partial charge on any atom is 0.270 e. The second kappa shape index (κ2) is 5.90. The molecule has 0 aliphatic heterocycles. The van der Waals surface area contributed by atoms with E-state index in [2.05, 4.69) is 4.99 Å². The van der Waals surface area contributed by atoms with Crippen LogP contribution in [0.1, 0.15) is 5.56 Å². The maximum absolute atomic E-state index is 10.7. The van der Waals surface area contributed by atoms with Crippen LogP contribution in [0.25, 0.3) is 0 Å². The number of rotatable bonds is 3. The van der Waals surface area contributed by atoms with Crippen molar-refractivity contribution in [2.24, 2.45) is 4.99 Å². The second-order valence-electron chi connectivity index (χ2n) is 3.89. The Hall–Kier alpha value is -2.11. The second-order valence-corrected chi connectivity index (χ2v) is 4.76. The molecule has 5 nitrogen and oxygen atoms in total. The molecule has 0 saturated heterocycles. The molecule has 0 spiro atoms. The third-order valence-corrected chi connectivity index (χ3v) is 2.86. The van der Waals surface area contributed by atoms with Gasteiger partial charge in [0.25, 0.3) is 5.69 Å². The molecule has 7 heteroatoms. The summed E-state index contributed by atoms with van der Waals surface area (Å²) in [7, 11) is 0. The van der Waals surface area contributed by atoms with Gasteiger partial charge in [0.2, 0.25) is 0 Å². The van der Waals surface area contributed by atoms with Crippen molar-refractivity contribution in [2.75, 3.05) is 0 Å². The Labute approximate surface area is 124 Å². The topological polar surface area (TPSA) is 75.7 Å². The average molecular weight is 311 g/mol. The van der Waals surface area contributed by atoms with E-state index in [-0.39, 0.29) is 17.0 Å². The fourth-order valence-corrected chi connectivity index (χ4v) is 2.03. The van der Waals surface area contributed by atoms with Crippen molar-refractivity contribution in [3.05, 3.63) is 62.1 Å². The van der Waals surface area contributed by atoms with E-state index in [1.807, 2.05) is 0 Å². The minimum absolute atomic E-state index is 0.104. The normalized spacial score (nSPS) is 10.9. The highest BCUT2D eigenvalue weighted by Crippen LogP contribution is 2.26. The minimum Gasteiger partial charge on any atom is -0.507 e. The predicted molar refractivity (Wildman–Crippen MR) is 78.5 cm³/mol. The summed E-state index contributed by atoms with van der Waals surface area (Å²) >= 11 is 11.7. The molecule has 0 aliphatic rings. The summed E-state index contributed by atoms with van der Waals surface area (Å²) in [5.74, 6) is -0.104. The van der Waals surface area contributed by atoms with Crippen LogP contribution >= 0.6 is 23.2 Å². The molecule has 0 fully saturated rings. The van der Waals surface area contributed by atoms with Crippen molar-refractivity contribution in [1.29, 1.82) is 0 Å². The zero-order valence-corrected chi connectivity index (χ0v) is 11.5. The first kappa shape index (κ1) is 14.3. The van der Waals surface area contributed by atoms with E-state index in [1.165, 1.54) is 24.4 Å². The highest BCUT2D eigenvalue weighted by molar-refractivity contribution is 6.35. The molecule has 0 unspecified atom stereocenters. The maximum atomic E-state index is 10.7. The van der Waals surface area contributed by atoms with Crippen molar-refractivity contribution in [3.63, 3.8) is 0 Å². The van der Waals surface area contributed by atoms with Gasteiger partial charge < -0.3 is 5.11 Å². The number of non-ortho nitro benzene ring substituents is 1. The van der Waals surface area contributed by atoms with E-state index in [0.29, 0.717) is 15.7 Å². The fraction of sp³-hybridized carbons (Fsp3) is 0. The van der Waals surface area contributed by atoms with Crippen LogP contribution in [-0.4, -0.2) is 16.2 Å². The Morgan fingerprint density at radius 3 is 2.40 bits per heavy atom. The van der Waals surface area contributed by atoms with Gasteiger partial charge in [0, 0.05) is 34.0 Å². The van der Waals surface area contributed by atoms with Gasteiger partial charge in [0.05, 0.1) is 10.6 Å². The van der Waals surface area contributed by atoms with Crippen LogP contribution in [0.15, 0.2) is 41.4 Å². The van der Waals surface area contributed by atoms with Gasteiger partial charge >= 0.3 is 0 Å². The lowest BCUT2D eigenvalue weighted by Crippen LogP contribution is -1.90. The van der Waals surface area contributed by atoms with E-state index in [1.54, 1.807) is 18.2 Å². The number of phenols is 1. The van der Waals surface area contributed by atoms with E-state index in [0.717, 1.165) is 0 Å². The number of aliphatic imine (C=N–C) groups is 1. The molecule has 0 atom stereocenters. The number of phenolic OH excluding ortho intramolecular Hbond substituents is 1. The minimum atomic E-state index is -0.549. The van der Waals surface area contributed by atoms with Gasteiger partial charge in [0.1, 0.15) is 5.75 Å².